The molecule has 2 N–H and O–H groups in total. The van der Waals surface area contributed by atoms with Gasteiger partial charge < -0.3 is 15.1 Å². The first kappa shape index (κ1) is 13.0. The van der Waals surface area contributed by atoms with Crippen LogP contribution in [-0.2, 0) is 4.79 Å². The number of benzene rings is 1. The molecular formula is C11H10ClNO4S. The fraction of sp³-hybridized carbons (Fsp3) is 0.273. The number of aromatic hydroxyl groups is 1. The molecule has 1 atom stereocenters. The molecule has 2 rings (SSSR count). The number of nitrogens with zero attached hydrogens (tertiary/aromatic N) is 1. The number of rotatable bonds is 2. The molecule has 1 aliphatic heterocycles. The molecule has 1 aromatic carbocycles. The summed E-state index contributed by atoms with van der Waals surface area (Å²) < 4.78 is 0. The van der Waals surface area contributed by atoms with Crippen LogP contribution in [0.25, 0.3) is 0 Å². The van der Waals surface area contributed by atoms with E-state index in [1.54, 1.807) is 0 Å². The number of hydrogen-bond acceptors (Lipinski definition) is 4. The van der Waals surface area contributed by atoms with Crippen molar-refractivity contribution >= 4 is 35.2 Å². The molecule has 1 fully saturated rings. The van der Waals surface area contributed by atoms with Crippen LogP contribution in [0, 0.1) is 0 Å². The van der Waals surface area contributed by atoms with Gasteiger partial charge in [-0.3, -0.25) is 4.79 Å². The molecule has 1 unspecified atom stereocenters. The molecular weight excluding hydrogens is 278 g/mol. The second-order valence-corrected chi connectivity index (χ2v) is 5.20. The first-order valence-corrected chi connectivity index (χ1v) is 6.64. The Morgan fingerprint density at radius 2 is 2.17 bits per heavy atom. The lowest BCUT2D eigenvalue weighted by molar-refractivity contribution is -0.140. The molecule has 1 aromatic rings. The molecule has 1 heterocycles. The summed E-state index contributed by atoms with van der Waals surface area (Å²) in [5, 5.41) is 18.6. The summed E-state index contributed by atoms with van der Waals surface area (Å²) in [5.74, 6) is -0.932. The van der Waals surface area contributed by atoms with Crippen molar-refractivity contribution in [1.82, 2.24) is 4.90 Å². The largest absolute Gasteiger partial charge is 0.508 e. The van der Waals surface area contributed by atoms with Crippen molar-refractivity contribution < 1.29 is 19.8 Å². The predicted octanol–water partition coefficient (Wildman–Crippen LogP) is 1.65. The third kappa shape index (κ3) is 2.39. The average Bonchev–Trinajstić information content (AvgIpc) is 2.80. The van der Waals surface area contributed by atoms with Gasteiger partial charge in [0, 0.05) is 5.75 Å². The van der Waals surface area contributed by atoms with Crippen LogP contribution in [0.2, 0.25) is 5.02 Å². The summed E-state index contributed by atoms with van der Waals surface area (Å²) in [7, 11) is 0. The zero-order valence-electron chi connectivity index (χ0n) is 9.17. The summed E-state index contributed by atoms with van der Waals surface area (Å²) in [6.07, 6.45) is 0. The fourth-order valence-electron chi connectivity index (χ4n) is 1.68. The maximum Gasteiger partial charge on any atom is 0.327 e. The Kier molecular flexibility index (Phi) is 3.68. The summed E-state index contributed by atoms with van der Waals surface area (Å²) in [6, 6.07) is 3.17. The van der Waals surface area contributed by atoms with Crippen molar-refractivity contribution in [2.75, 3.05) is 11.6 Å². The number of aliphatic carboxylic acids is 1. The first-order valence-electron chi connectivity index (χ1n) is 5.10. The van der Waals surface area contributed by atoms with Crippen molar-refractivity contribution in [1.29, 1.82) is 0 Å². The summed E-state index contributed by atoms with van der Waals surface area (Å²) in [5.41, 5.74) is 0.116. The third-order valence-electron chi connectivity index (χ3n) is 2.61. The zero-order chi connectivity index (χ0) is 13.3. The Labute approximate surface area is 112 Å². The highest BCUT2D eigenvalue weighted by Gasteiger charge is 2.35. The summed E-state index contributed by atoms with van der Waals surface area (Å²) in [4.78, 5) is 24.4. The van der Waals surface area contributed by atoms with Gasteiger partial charge in [-0.05, 0) is 18.2 Å². The molecule has 1 amide bonds. The molecule has 0 aromatic heterocycles. The number of amides is 1. The predicted molar refractivity (Wildman–Crippen MR) is 68.0 cm³/mol. The van der Waals surface area contributed by atoms with Gasteiger partial charge in [0.2, 0.25) is 0 Å². The standard InChI is InChI=1S/C11H10ClNO4S/c12-8-2-1-6(14)3-7(8)10(15)13-5-18-4-9(13)11(16)17/h1-3,9,14H,4-5H2,(H,16,17). The second kappa shape index (κ2) is 5.07. The molecule has 0 spiro atoms. The Morgan fingerprint density at radius 1 is 1.44 bits per heavy atom. The Morgan fingerprint density at radius 3 is 2.83 bits per heavy atom. The van der Waals surface area contributed by atoms with E-state index in [1.165, 1.54) is 34.9 Å². The number of phenolic OH excluding ortho intramolecular Hbond substituents is 1. The van der Waals surface area contributed by atoms with Crippen LogP contribution in [0.3, 0.4) is 0 Å². The average molecular weight is 288 g/mol. The lowest BCUT2D eigenvalue weighted by Crippen LogP contribution is -2.41. The number of carbonyl (C=O) groups excluding carboxylic acids is 1. The van der Waals surface area contributed by atoms with E-state index >= 15 is 0 Å². The van der Waals surface area contributed by atoms with Crippen LogP contribution in [0.4, 0.5) is 0 Å². The highest BCUT2D eigenvalue weighted by atomic mass is 35.5. The fourth-order valence-corrected chi connectivity index (χ4v) is 3.02. The van der Waals surface area contributed by atoms with Crippen LogP contribution in [-0.4, -0.2) is 44.7 Å². The van der Waals surface area contributed by atoms with Gasteiger partial charge in [-0.1, -0.05) is 11.6 Å². The van der Waals surface area contributed by atoms with E-state index in [0.717, 1.165) is 0 Å². The number of carboxylic acid groups (broad SMARTS) is 1. The first-order chi connectivity index (χ1) is 8.50. The van der Waals surface area contributed by atoms with E-state index < -0.39 is 17.9 Å². The molecule has 96 valence electrons. The second-order valence-electron chi connectivity index (χ2n) is 3.79. The Bertz CT molecular complexity index is 508. The van der Waals surface area contributed by atoms with Gasteiger partial charge in [0.25, 0.3) is 5.91 Å². The number of hydrogen-bond donors (Lipinski definition) is 2. The van der Waals surface area contributed by atoms with Crippen LogP contribution < -0.4 is 0 Å². The molecule has 7 heteroatoms. The van der Waals surface area contributed by atoms with Gasteiger partial charge in [-0.15, -0.1) is 11.8 Å². The number of carbonyl (C=O) groups is 2. The van der Waals surface area contributed by atoms with Gasteiger partial charge in [0.15, 0.2) is 0 Å². The van der Waals surface area contributed by atoms with E-state index in [-0.39, 0.29) is 16.3 Å². The Balaban J connectivity index is 2.31. The van der Waals surface area contributed by atoms with E-state index in [9.17, 15) is 14.7 Å². The summed E-state index contributed by atoms with van der Waals surface area (Å²) in [6.45, 7) is 0. The van der Waals surface area contributed by atoms with Crippen LogP contribution in [0.15, 0.2) is 18.2 Å². The van der Waals surface area contributed by atoms with Crippen LogP contribution in [0.5, 0.6) is 5.75 Å². The molecule has 0 radical (unpaired) electrons. The summed E-state index contributed by atoms with van der Waals surface area (Å²) >= 11 is 7.25. The third-order valence-corrected chi connectivity index (χ3v) is 3.95. The smallest absolute Gasteiger partial charge is 0.327 e. The molecule has 0 aliphatic carbocycles. The van der Waals surface area contributed by atoms with Crippen molar-refractivity contribution in [3.63, 3.8) is 0 Å². The lowest BCUT2D eigenvalue weighted by Gasteiger charge is -2.21. The minimum Gasteiger partial charge on any atom is -0.508 e. The van der Waals surface area contributed by atoms with Crippen LogP contribution in [0.1, 0.15) is 10.4 Å². The monoisotopic (exact) mass is 287 g/mol. The van der Waals surface area contributed by atoms with Gasteiger partial charge >= 0.3 is 5.97 Å². The minimum absolute atomic E-state index is 0.0820. The minimum atomic E-state index is -1.04. The number of phenols is 1. The quantitative estimate of drug-likeness (QED) is 0.865. The van der Waals surface area contributed by atoms with Gasteiger partial charge in [0.1, 0.15) is 11.8 Å². The Hall–Kier alpha value is -1.40. The molecule has 0 bridgehead atoms. The topological polar surface area (TPSA) is 77.8 Å². The highest BCUT2D eigenvalue weighted by Crippen LogP contribution is 2.27. The van der Waals surface area contributed by atoms with E-state index in [4.69, 9.17) is 16.7 Å². The van der Waals surface area contributed by atoms with E-state index in [0.29, 0.717) is 11.6 Å². The number of carboxylic acids is 1. The van der Waals surface area contributed by atoms with Gasteiger partial charge in [-0.2, -0.15) is 0 Å². The van der Waals surface area contributed by atoms with Gasteiger partial charge in [0.05, 0.1) is 16.5 Å². The van der Waals surface area contributed by atoms with Crippen LogP contribution >= 0.6 is 23.4 Å². The normalized spacial score (nSPS) is 18.9. The van der Waals surface area contributed by atoms with Gasteiger partial charge in [-0.25, -0.2) is 4.79 Å². The maximum absolute atomic E-state index is 12.2. The molecule has 1 aliphatic rings. The highest BCUT2D eigenvalue weighted by molar-refractivity contribution is 7.99. The lowest BCUT2D eigenvalue weighted by atomic mass is 10.1. The van der Waals surface area contributed by atoms with E-state index in [2.05, 4.69) is 0 Å². The van der Waals surface area contributed by atoms with Crippen molar-refractivity contribution in [3.05, 3.63) is 28.8 Å². The zero-order valence-corrected chi connectivity index (χ0v) is 10.7. The van der Waals surface area contributed by atoms with E-state index in [1.807, 2.05) is 0 Å². The van der Waals surface area contributed by atoms with Crippen molar-refractivity contribution in [3.8, 4) is 5.75 Å². The molecule has 18 heavy (non-hydrogen) atoms. The molecule has 1 saturated heterocycles. The van der Waals surface area contributed by atoms with Crippen molar-refractivity contribution in [2.45, 2.75) is 6.04 Å². The van der Waals surface area contributed by atoms with Crippen molar-refractivity contribution in [2.24, 2.45) is 0 Å². The maximum atomic E-state index is 12.2. The number of halogens is 1. The SMILES string of the molecule is O=C(O)C1CSCN1C(=O)c1cc(O)ccc1Cl. The molecule has 5 nitrogen and oxygen atoms in total. The number of thioether (sulfide) groups is 1. The molecule has 0 saturated carbocycles.